The maximum absolute atomic E-state index is 5.43. The molecule has 0 radical (unpaired) electrons. The Balaban J connectivity index is 1.86. The molecular formula is C18H31N5O. The highest BCUT2D eigenvalue weighted by molar-refractivity contribution is 5.79. The molecular weight excluding hydrogens is 302 g/mol. The molecule has 0 unspecified atom stereocenters. The molecule has 0 aromatic carbocycles. The SMILES string of the molecule is CN=C(NCCCC(C)C)NCc1cccnc1N1CCOCC1. The number of nitrogens with zero attached hydrogens (tertiary/aromatic N) is 3. The van der Waals surface area contributed by atoms with Crippen molar-refractivity contribution >= 4 is 11.8 Å². The van der Waals surface area contributed by atoms with Crippen LogP contribution in [-0.4, -0.2) is 50.8 Å². The second-order valence-corrected chi connectivity index (χ2v) is 6.47. The van der Waals surface area contributed by atoms with Gasteiger partial charge < -0.3 is 20.3 Å². The Morgan fingerprint density at radius 1 is 1.33 bits per heavy atom. The zero-order valence-corrected chi connectivity index (χ0v) is 15.2. The summed E-state index contributed by atoms with van der Waals surface area (Å²) in [5, 5.41) is 6.77. The average Bonchev–Trinajstić information content (AvgIpc) is 2.62. The highest BCUT2D eigenvalue weighted by Gasteiger charge is 2.15. The van der Waals surface area contributed by atoms with E-state index >= 15 is 0 Å². The maximum atomic E-state index is 5.43. The second kappa shape index (κ2) is 10.1. The molecule has 134 valence electrons. The van der Waals surface area contributed by atoms with Gasteiger partial charge in [-0.25, -0.2) is 4.98 Å². The zero-order valence-electron chi connectivity index (χ0n) is 15.2. The van der Waals surface area contributed by atoms with Crippen molar-refractivity contribution in [1.82, 2.24) is 15.6 Å². The summed E-state index contributed by atoms with van der Waals surface area (Å²) in [6, 6.07) is 4.11. The van der Waals surface area contributed by atoms with E-state index in [1.165, 1.54) is 12.0 Å². The Morgan fingerprint density at radius 2 is 2.12 bits per heavy atom. The van der Waals surface area contributed by atoms with Crippen LogP contribution in [0.25, 0.3) is 0 Å². The molecule has 0 atom stereocenters. The molecule has 2 rings (SSSR count). The molecule has 1 aromatic rings. The number of anilines is 1. The van der Waals surface area contributed by atoms with Crippen molar-refractivity contribution in [3.63, 3.8) is 0 Å². The fraction of sp³-hybridized carbons (Fsp3) is 0.667. The van der Waals surface area contributed by atoms with Crippen LogP contribution >= 0.6 is 0 Å². The van der Waals surface area contributed by atoms with Gasteiger partial charge in [0.25, 0.3) is 0 Å². The van der Waals surface area contributed by atoms with Crippen molar-refractivity contribution < 1.29 is 4.74 Å². The summed E-state index contributed by atoms with van der Waals surface area (Å²) >= 11 is 0. The zero-order chi connectivity index (χ0) is 17.2. The number of pyridine rings is 1. The number of rotatable bonds is 7. The molecule has 6 nitrogen and oxygen atoms in total. The lowest BCUT2D eigenvalue weighted by Gasteiger charge is -2.29. The fourth-order valence-corrected chi connectivity index (χ4v) is 2.74. The Labute approximate surface area is 145 Å². The second-order valence-electron chi connectivity index (χ2n) is 6.47. The molecule has 2 heterocycles. The van der Waals surface area contributed by atoms with Crippen molar-refractivity contribution in [3.05, 3.63) is 23.9 Å². The van der Waals surface area contributed by atoms with Gasteiger partial charge in [0.15, 0.2) is 5.96 Å². The third kappa shape index (κ3) is 6.00. The first kappa shape index (κ1) is 18.5. The Hall–Kier alpha value is -1.82. The van der Waals surface area contributed by atoms with Crippen molar-refractivity contribution in [2.45, 2.75) is 33.2 Å². The van der Waals surface area contributed by atoms with Gasteiger partial charge in [-0.2, -0.15) is 0 Å². The Bertz CT molecular complexity index is 512. The number of aliphatic imine (C=N–C) groups is 1. The first-order valence-electron chi connectivity index (χ1n) is 8.91. The number of hydrogen-bond donors (Lipinski definition) is 2. The van der Waals surface area contributed by atoms with E-state index in [0.717, 1.165) is 57.0 Å². The fourth-order valence-electron chi connectivity index (χ4n) is 2.74. The monoisotopic (exact) mass is 333 g/mol. The van der Waals surface area contributed by atoms with Gasteiger partial charge in [-0.3, -0.25) is 4.99 Å². The van der Waals surface area contributed by atoms with Crippen LogP contribution in [0, 0.1) is 5.92 Å². The Morgan fingerprint density at radius 3 is 2.83 bits per heavy atom. The van der Waals surface area contributed by atoms with Gasteiger partial charge in [0.05, 0.1) is 13.2 Å². The van der Waals surface area contributed by atoms with E-state index in [2.05, 4.69) is 45.4 Å². The summed E-state index contributed by atoms with van der Waals surface area (Å²) in [6.45, 7) is 9.49. The van der Waals surface area contributed by atoms with Gasteiger partial charge in [0, 0.05) is 45.0 Å². The summed E-state index contributed by atoms with van der Waals surface area (Å²) in [7, 11) is 1.81. The smallest absolute Gasteiger partial charge is 0.191 e. The summed E-state index contributed by atoms with van der Waals surface area (Å²) in [4.78, 5) is 11.2. The molecule has 1 aliphatic rings. The molecule has 0 spiro atoms. The molecule has 1 aromatic heterocycles. The minimum Gasteiger partial charge on any atom is -0.378 e. The summed E-state index contributed by atoms with van der Waals surface area (Å²) < 4.78 is 5.43. The number of ether oxygens (including phenoxy) is 1. The predicted molar refractivity (Wildman–Crippen MR) is 99.5 cm³/mol. The largest absolute Gasteiger partial charge is 0.378 e. The van der Waals surface area contributed by atoms with E-state index in [0.29, 0.717) is 6.54 Å². The molecule has 2 N–H and O–H groups in total. The maximum Gasteiger partial charge on any atom is 0.191 e. The highest BCUT2D eigenvalue weighted by Crippen LogP contribution is 2.18. The van der Waals surface area contributed by atoms with Crippen molar-refractivity contribution in [1.29, 1.82) is 0 Å². The third-order valence-electron chi connectivity index (χ3n) is 4.10. The van der Waals surface area contributed by atoms with Crippen LogP contribution in [0.5, 0.6) is 0 Å². The van der Waals surface area contributed by atoms with E-state index in [9.17, 15) is 0 Å². The molecule has 0 amide bonds. The van der Waals surface area contributed by atoms with Crippen LogP contribution in [0.15, 0.2) is 23.3 Å². The normalized spacial score (nSPS) is 15.7. The summed E-state index contributed by atoms with van der Waals surface area (Å²) in [6.07, 6.45) is 4.24. The van der Waals surface area contributed by atoms with Crippen LogP contribution in [-0.2, 0) is 11.3 Å². The molecule has 1 saturated heterocycles. The minimum atomic E-state index is 0.713. The number of hydrogen-bond acceptors (Lipinski definition) is 4. The number of morpholine rings is 1. The first-order valence-corrected chi connectivity index (χ1v) is 8.91. The molecule has 6 heteroatoms. The topological polar surface area (TPSA) is 61.8 Å². The van der Waals surface area contributed by atoms with E-state index in [1.807, 2.05) is 19.3 Å². The van der Waals surface area contributed by atoms with Crippen LogP contribution in [0.4, 0.5) is 5.82 Å². The van der Waals surface area contributed by atoms with Gasteiger partial charge in [0.2, 0.25) is 0 Å². The van der Waals surface area contributed by atoms with Crippen LogP contribution in [0.1, 0.15) is 32.3 Å². The van der Waals surface area contributed by atoms with E-state index in [-0.39, 0.29) is 0 Å². The highest BCUT2D eigenvalue weighted by atomic mass is 16.5. The van der Waals surface area contributed by atoms with E-state index < -0.39 is 0 Å². The lowest BCUT2D eigenvalue weighted by atomic mass is 10.1. The lowest BCUT2D eigenvalue weighted by molar-refractivity contribution is 0.122. The van der Waals surface area contributed by atoms with Crippen LogP contribution in [0.3, 0.4) is 0 Å². The predicted octanol–water partition coefficient (Wildman–Crippen LogP) is 2.02. The van der Waals surface area contributed by atoms with Gasteiger partial charge in [0.1, 0.15) is 5.82 Å². The lowest BCUT2D eigenvalue weighted by Crippen LogP contribution is -2.39. The third-order valence-corrected chi connectivity index (χ3v) is 4.10. The summed E-state index contributed by atoms with van der Waals surface area (Å²) in [5.41, 5.74) is 1.18. The molecule has 1 aliphatic heterocycles. The molecule has 24 heavy (non-hydrogen) atoms. The van der Waals surface area contributed by atoms with Gasteiger partial charge in [-0.15, -0.1) is 0 Å². The standard InChI is InChI=1S/C18H31N5O/c1-15(2)6-4-9-21-18(19-3)22-14-16-7-5-8-20-17(16)23-10-12-24-13-11-23/h5,7-8,15H,4,6,9-14H2,1-3H3,(H2,19,21,22). The Kier molecular flexibility index (Phi) is 7.82. The van der Waals surface area contributed by atoms with Gasteiger partial charge >= 0.3 is 0 Å². The van der Waals surface area contributed by atoms with Gasteiger partial charge in [-0.05, 0) is 24.8 Å². The van der Waals surface area contributed by atoms with Gasteiger partial charge in [-0.1, -0.05) is 19.9 Å². The minimum absolute atomic E-state index is 0.713. The first-order chi connectivity index (χ1) is 11.7. The number of guanidine groups is 1. The summed E-state index contributed by atoms with van der Waals surface area (Å²) in [5.74, 6) is 2.63. The number of nitrogens with one attached hydrogen (secondary N) is 2. The van der Waals surface area contributed by atoms with Crippen LogP contribution in [0.2, 0.25) is 0 Å². The molecule has 0 saturated carbocycles. The molecule has 0 bridgehead atoms. The van der Waals surface area contributed by atoms with E-state index in [1.54, 1.807) is 0 Å². The quantitative estimate of drug-likeness (QED) is 0.454. The van der Waals surface area contributed by atoms with E-state index in [4.69, 9.17) is 4.74 Å². The molecule has 0 aliphatic carbocycles. The molecule has 1 fully saturated rings. The average molecular weight is 333 g/mol. The van der Waals surface area contributed by atoms with Crippen molar-refractivity contribution in [2.24, 2.45) is 10.9 Å². The number of aromatic nitrogens is 1. The van der Waals surface area contributed by atoms with Crippen LogP contribution < -0.4 is 15.5 Å². The van der Waals surface area contributed by atoms with Crippen molar-refractivity contribution in [2.75, 3.05) is 44.8 Å². The van der Waals surface area contributed by atoms with Crippen molar-refractivity contribution in [3.8, 4) is 0 Å².